The number of allylic oxidation sites excluding steroid dienone is 1. The average Bonchev–Trinajstić information content (AvgIpc) is 2.56. The molecule has 0 fully saturated rings. The summed E-state index contributed by atoms with van der Waals surface area (Å²) in [7, 11) is 0. The molecule has 0 bridgehead atoms. The van der Waals surface area contributed by atoms with Crippen LogP contribution in [0.25, 0.3) is 0 Å². The normalized spacial score (nSPS) is 17.3. The lowest BCUT2D eigenvalue weighted by molar-refractivity contribution is 0.165. The summed E-state index contributed by atoms with van der Waals surface area (Å²) < 4.78 is 5.37. The number of nitrogens with zero attached hydrogens (tertiary/aromatic N) is 1. The van der Waals surface area contributed by atoms with Gasteiger partial charge in [0.25, 0.3) is 0 Å². The molecule has 0 radical (unpaired) electrons. The van der Waals surface area contributed by atoms with Gasteiger partial charge >= 0.3 is 6.09 Å². The fourth-order valence-corrected chi connectivity index (χ4v) is 2.71. The van der Waals surface area contributed by atoms with Crippen LogP contribution in [0.1, 0.15) is 17.9 Å². The molecule has 0 saturated carbocycles. The zero-order valence-corrected chi connectivity index (χ0v) is 12.7. The molecule has 2 aromatic carbocycles. The van der Waals surface area contributed by atoms with Gasteiger partial charge in [0.05, 0.1) is 0 Å². The molecule has 1 amide bonds. The van der Waals surface area contributed by atoms with Crippen molar-refractivity contribution in [1.82, 2.24) is 4.90 Å². The van der Waals surface area contributed by atoms with Gasteiger partial charge in [-0.15, -0.1) is 0 Å². The van der Waals surface area contributed by atoms with Gasteiger partial charge in [-0.1, -0.05) is 48.0 Å². The molecule has 0 saturated heterocycles. The van der Waals surface area contributed by atoms with E-state index in [1.807, 2.05) is 48.5 Å². The average molecular weight is 314 g/mol. The van der Waals surface area contributed by atoms with E-state index in [1.54, 1.807) is 23.2 Å². The second-order valence-electron chi connectivity index (χ2n) is 5.21. The number of benzene rings is 2. The Kier molecular flexibility index (Phi) is 4.45. The zero-order valence-electron chi connectivity index (χ0n) is 12.0. The number of carbonyl (C=O) groups excluding carboxylic acids is 1. The number of hydrogen-bond donors (Lipinski definition) is 0. The van der Waals surface area contributed by atoms with E-state index in [0.29, 0.717) is 17.3 Å². The number of halogens is 1. The van der Waals surface area contributed by atoms with E-state index in [1.165, 1.54) is 0 Å². The Morgan fingerprint density at radius 1 is 1.14 bits per heavy atom. The molecule has 3 nitrogen and oxygen atoms in total. The molecule has 2 aromatic rings. The first-order valence-electron chi connectivity index (χ1n) is 7.18. The summed E-state index contributed by atoms with van der Waals surface area (Å²) >= 11 is 6.05. The van der Waals surface area contributed by atoms with E-state index < -0.39 is 0 Å². The Bertz CT molecular complexity index is 684. The van der Waals surface area contributed by atoms with Crippen LogP contribution >= 0.6 is 11.6 Å². The van der Waals surface area contributed by atoms with Crippen molar-refractivity contribution >= 4 is 17.7 Å². The standard InChI is InChI=1S/C18H16ClNO2/c19-16-8-4-6-14(12-16)15-7-5-11-20(13-15)18(21)22-17-9-2-1-3-10-17/h1-6,8-12,15H,7,13H2/t15-/m1/s1. The lowest BCUT2D eigenvalue weighted by atomic mass is 9.93. The predicted octanol–water partition coefficient (Wildman–Crippen LogP) is 4.84. The molecule has 0 aromatic heterocycles. The lowest BCUT2D eigenvalue weighted by Gasteiger charge is -2.27. The minimum absolute atomic E-state index is 0.229. The van der Waals surface area contributed by atoms with Crippen LogP contribution in [0, 0.1) is 0 Å². The van der Waals surface area contributed by atoms with Gasteiger partial charge in [0, 0.05) is 23.7 Å². The Labute approximate surface area is 134 Å². The van der Waals surface area contributed by atoms with E-state index in [0.717, 1.165) is 12.0 Å². The minimum Gasteiger partial charge on any atom is -0.410 e. The molecule has 1 atom stereocenters. The molecule has 0 aliphatic carbocycles. The summed E-state index contributed by atoms with van der Waals surface area (Å²) in [5.74, 6) is 0.776. The first kappa shape index (κ1) is 14.7. The highest BCUT2D eigenvalue weighted by Crippen LogP contribution is 2.27. The Balaban J connectivity index is 1.69. The maximum Gasteiger partial charge on any atom is 0.419 e. The van der Waals surface area contributed by atoms with Crippen molar-refractivity contribution in [1.29, 1.82) is 0 Å². The quantitative estimate of drug-likeness (QED) is 0.793. The number of carbonyl (C=O) groups is 1. The van der Waals surface area contributed by atoms with Crippen LogP contribution in [-0.2, 0) is 0 Å². The van der Waals surface area contributed by atoms with E-state index in [9.17, 15) is 4.79 Å². The summed E-state index contributed by atoms with van der Waals surface area (Å²) in [6.45, 7) is 0.586. The first-order chi connectivity index (χ1) is 10.7. The number of ether oxygens (including phenoxy) is 1. The molecule has 1 heterocycles. The molecular formula is C18H16ClNO2. The summed E-state index contributed by atoms with van der Waals surface area (Å²) in [5.41, 5.74) is 1.13. The van der Waals surface area contributed by atoms with E-state index >= 15 is 0 Å². The lowest BCUT2D eigenvalue weighted by Crippen LogP contribution is -2.34. The van der Waals surface area contributed by atoms with E-state index in [4.69, 9.17) is 16.3 Å². The highest BCUT2D eigenvalue weighted by molar-refractivity contribution is 6.30. The molecule has 4 heteroatoms. The van der Waals surface area contributed by atoms with Crippen LogP contribution < -0.4 is 4.74 Å². The van der Waals surface area contributed by atoms with Gasteiger partial charge in [-0.2, -0.15) is 0 Å². The highest BCUT2D eigenvalue weighted by Gasteiger charge is 2.23. The summed E-state index contributed by atoms with van der Waals surface area (Å²) in [4.78, 5) is 13.8. The fraction of sp³-hybridized carbons (Fsp3) is 0.167. The smallest absolute Gasteiger partial charge is 0.410 e. The third kappa shape index (κ3) is 3.49. The second-order valence-corrected chi connectivity index (χ2v) is 5.64. The Morgan fingerprint density at radius 2 is 1.95 bits per heavy atom. The Morgan fingerprint density at radius 3 is 2.73 bits per heavy atom. The van der Waals surface area contributed by atoms with E-state index in [-0.39, 0.29) is 12.0 Å². The van der Waals surface area contributed by atoms with Gasteiger partial charge in [0.15, 0.2) is 0 Å². The molecule has 3 rings (SSSR count). The summed E-state index contributed by atoms with van der Waals surface area (Å²) in [6, 6.07) is 16.9. The molecular weight excluding hydrogens is 298 g/mol. The molecule has 1 aliphatic heterocycles. The largest absolute Gasteiger partial charge is 0.419 e. The molecule has 0 N–H and O–H groups in total. The minimum atomic E-state index is -0.367. The molecule has 22 heavy (non-hydrogen) atoms. The number of rotatable bonds is 2. The van der Waals surface area contributed by atoms with Gasteiger partial charge in [0.2, 0.25) is 0 Å². The van der Waals surface area contributed by atoms with Crippen molar-refractivity contribution in [3.8, 4) is 5.75 Å². The number of hydrogen-bond acceptors (Lipinski definition) is 2. The van der Waals surface area contributed by atoms with Gasteiger partial charge in [0.1, 0.15) is 5.75 Å². The SMILES string of the molecule is O=C(Oc1ccccc1)N1C=CC[C@@H](c2cccc(Cl)c2)C1. The maximum absolute atomic E-state index is 12.2. The van der Waals surface area contributed by atoms with Gasteiger partial charge < -0.3 is 4.74 Å². The second kappa shape index (κ2) is 6.67. The van der Waals surface area contributed by atoms with Crippen molar-refractivity contribution in [2.24, 2.45) is 0 Å². The van der Waals surface area contributed by atoms with Crippen LogP contribution in [0.5, 0.6) is 5.75 Å². The van der Waals surface area contributed by atoms with Gasteiger partial charge in [-0.05, 0) is 36.2 Å². The first-order valence-corrected chi connectivity index (χ1v) is 7.56. The molecule has 0 unspecified atom stereocenters. The van der Waals surface area contributed by atoms with Crippen LogP contribution in [0.4, 0.5) is 4.79 Å². The zero-order chi connectivity index (χ0) is 15.4. The van der Waals surface area contributed by atoms with Crippen LogP contribution in [0.3, 0.4) is 0 Å². The number of para-hydroxylation sites is 1. The van der Waals surface area contributed by atoms with Gasteiger partial charge in [-0.3, -0.25) is 4.90 Å². The van der Waals surface area contributed by atoms with Crippen molar-refractivity contribution < 1.29 is 9.53 Å². The van der Waals surface area contributed by atoms with Crippen LogP contribution in [0.15, 0.2) is 66.9 Å². The third-order valence-electron chi connectivity index (χ3n) is 3.63. The molecule has 0 spiro atoms. The fourth-order valence-electron chi connectivity index (χ4n) is 2.51. The van der Waals surface area contributed by atoms with Crippen molar-refractivity contribution in [3.05, 3.63) is 77.5 Å². The topological polar surface area (TPSA) is 29.5 Å². The summed E-state index contributed by atoms with van der Waals surface area (Å²) in [5, 5.41) is 0.713. The Hall–Kier alpha value is -2.26. The molecule has 112 valence electrons. The van der Waals surface area contributed by atoms with Crippen LogP contribution in [0.2, 0.25) is 5.02 Å². The van der Waals surface area contributed by atoms with Crippen LogP contribution in [-0.4, -0.2) is 17.5 Å². The number of amides is 1. The van der Waals surface area contributed by atoms with E-state index in [2.05, 4.69) is 0 Å². The predicted molar refractivity (Wildman–Crippen MR) is 87.1 cm³/mol. The molecule has 1 aliphatic rings. The highest BCUT2D eigenvalue weighted by atomic mass is 35.5. The van der Waals surface area contributed by atoms with Crippen molar-refractivity contribution in [2.75, 3.05) is 6.54 Å². The van der Waals surface area contributed by atoms with Crippen molar-refractivity contribution in [3.63, 3.8) is 0 Å². The monoisotopic (exact) mass is 313 g/mol. The van der Waals surface area contributed by atoms with Gasteiger partial charge in [-0.25, -0.2) is 4.79 Å². The maximum atomic E-state index is 12.2. The summed E-state index contributed by atoms with van der Waals surface area (Å²) in [6.07, 6.45) is 4.29. The van der Waals surface area contributed by atoms with Crippen molar-refractivity contribution in [2.45, 2.75) is 12.3 Å². The third-order valence-corrected chi connectivity index (χ3v) is 3.86.